The molecule has 0 atom stereocenters. The van der Waals surface area contributed by atoms with Gasteiger partial charge in [-0.3, -0.25) is 10.1 Å². The summed E-state index contributed by atoms with van der Waals surface area (Å²) in [5, 5.41) is 3.15. The highest BCUT2D eigenvalue weighted by atomic mass is 32.1. The second kappa shape index (κ2) is 5.66. The van der Waals surface area contributed by atoms with Crippen molar-refractivity contribution in [3.05, 3.63) is 29.6 Å². The highest BCUT2D eigenvalue weighted by molar-refractivity contribution is 7.09. The van der Waals surface area contributed by atoms with Crippen molar-refractivity contribution in [2.75, 3.05) is 19.5 Å². The maximum absolute atomic E-state index is 12.0. The van der Waals surface area contributed by atoms with Gasteiger partial charge >= 0.3 is 0 Å². The van der Waals surface area contributed by atoms with Gasteiger partial charge in [0.1, 0.15) is 5.82 Å². The second-order valence-corrected chi connectivity index (χ2v) is 4.42. The molecule has 1 aromatic heterocycles. The first-order valence-corrected chi connectivity index (χ1v) is 6.25. The summed E-state index contributed by atoms with van der Waals surface area (Å²) in [6.07, 6.45) is 0. The number of rotatable bonds is 4. The maximum Gasteiger partial charge on any atom is 0.257 e. The largest absolute Gasteiger partial charge is 0.493 e. The molecule has 0 aliphatic carbocycles. The van der Waals surface area contributed by atoms with E-state index >= 15 is 0 Å². The number of methoxy groups -OCH3 is 2. The third-order valence-corrected chi connectivity index (χ3v) is 3.12. The number of nitrogens with one attached hydrogen (secondary N) is 1. The van der Waals surface area contributed by atoms with Gasteiger partial charge in [0.15, 0.2) is 11.5 Å². The smallest absolute Gasteiger partial charge is 0.257 e. The molecular formula is C12H13N3O3S. The van der Waals surface area contributed by atoms with Gasteiger partial charge in [-0.05, 0) is 25.1 Å². The highest BCUT2D eigenvalue weighted by Crippen LogP contribution is 2.27. The van der Waals surface area contributed by atoms with Gasteiger partial charge in [-0.1, -0.05) is 0 Å². The van der Waals surface area contributed by atoms with E-state index in [1.807, 2.05) is 0 Å². The predicted octanol–water partition coefficient (Wildman–Crippen LogP) is 2.12. The monoisotopic (exact) mass is 279 g/mol. The topological polar surface area (TPSA) is 73.3 Å². The minimum absolute atomic E-state index is 0.267. The Kier molecular flexibility index (Phi) is 3.96. The number of anilines is 1. The van der Waals surface area contributed by atoms with E-state index in [2.05, 4.69) is 14.7 Å². The Morgan fingerprint density at radius 3 is 2.58 bits per heavy atom. The third-order valence-electron chi connectivity index (χ3n) is 2.39. The predicted molar refractivity (Wildman–Crippen MR) is 72.1 cm³/mol. The van der Waals surface area contributed by atoms with E-state index in [9.17, 15) is 4.79 Å². The van der Waals surface area contributed by atoms with E-state index in [4.69, 9.17) is 9.47 Å². The van der Waals surface area contributed by atoms with Gasteiger partial charge in [-0.2, -0.15) is 4.37 Å². The molecule has 0 unspecified atom stereocenters. The van der Waals surface area contributed by atoms with Crippen LogP contribution in [-0.2, 0) is 0 Å². The number of hydrogen-bond donors (Lipinski definition) is 1. The average molecular weight is 279 g/mol. The molecule has 0 aliphatic heterocycles. The molecule has 0 aliphatic rings. The normalized spacial score (nSPS) is 10.1. The SMILES string of the molecule is COc1ccc(C(=O)Nc2nc(C)ns2)cc1OC. The van der Waals surface area contributed by atoms with Gasteiger partial charge in [0.25, 0.3) is 5.91 Å². The van der Waals surface area contributed by atoms with Crippen molar-refractivity contribution < 1.29 is 14.3 Å². The lowest BCUT2D eigenvalue weighted by molar-refractivity contribution is 0.102. The fraction of sp³-hybridized carbons (Fsp3) is 0.250. The van der Waals surface area contributed by atoms with E-state index in [-0.39, 0.29) is 5.91 Å². The van der Waals surface area contributed by atoms with E-state index in [0.717, 1.165) is 11.5 Å². The minimum Gasteiger partial charge on any atom is -0.493 e. The first-order valence-electron chi connectivity index (χ1n) is 5.47. The maximum atomic E-state index is 12.0. The van der Waals surface area contributed by atoms with Gasteiger partial charge in [0.2, 0.25) is 5.13 Å². The van der Waals surface area contributed by atoms with Crippen LogP contribution in [0.25, 0.3) is 0 Å². The van der Waals surface area contributed by atoms with Crippen molar-refractivity contribution in [1.29, 1.82) is 0 Å². The summed E-state index contributed by atoms with van der Waals surface area (Å²) >= 11 is 1.14. The zero-order valence-electron chi connectivity index (χ0n) is 10.8. The minimum atomic E-state index is -0.267. The number of benzene rings is 1. The van der Waals surface area contributed by atoms with E-state index in [1.165, 1.54) is 7.11 Å². The zero-order chi connectivity index (χ0) is 13.8. The zero-order valence-corrected chi connectivity index (χ0v) is 11.6. The molecule has 6 nitrogen and oxygen atoms in total. The molecule has 0 saturated heterocycles. The van der Waals surface area contributed by atoms with Gasteiger partial charge in [-0.15, -0.1) is 0 Å². The molecule has 1 heterocycles. The molecule has 0 saturated carbocycles. The van der Waals surface area contributed by atoms with Crippen LogP contribution in [-0.4, -0.2) is 29.5 Å². The first-order chi connectivity index (χ1) is 9.13. The van der Waals surface area contributed by atoms with Crippen LogP contribution in [0.15, 0.2) is 18.2 Å². The molecule has 19 heavy (non-hydrogen) atoms. The summed E-state index contributed by atoms with van der Waals surface area (Å²) in [4.78, 5) is 16.1. The lowest BCUT2D eigenvalue weighted by atomic mass is 10.2. The van der Waals surface area contributed by atoms with Crippen LogP contribution in [0, 0.1) is 6.92 Å². The fourth-order valence-electron chi connectivity index (χ4n) is 1.49. The number of aromatic nitrogens is 2. The van der Waals surface area contributed by atoms with Crippen molar-refractivity contribution in [3.63, 3.8) is 0 Å². The summed E-state index contributed by atoms with van der Waals surface area (Å²) in [6.45, 7) is 1.77. The summed E-state index contributed by atoms with van der Waals surface area (Å²) in [7, 11) is 3.06. The van der Waals surface area contributed by atoms with Crippen LogP contribution in [0.1, 0.15) is 16.2 Å². The van der Waals surface area contributed by atoms with Gasteiger partial charge < -0.3 is 9.47 Å². The summed E-state index contributed by atoms with van der Waals surface area (Å²) < 4.78 is 14.3. The second-order valence-electron chi connectivity index (χ2n) is 3.67. The molecule has 1 N–H and O–H groups in total. The Hall–Kier alpha value is -2.15. The molecular weight excluding hydrogens is 266 g/mol. The molecule has 1 aromatic carbocycles. The van der Waals surface area contributed by atoms with Crippen molar-refractivity contribution in [3.8, 4) is 11.5 Å². The van der Waals surface area contributed by atoms with Crippen LogP contribution >= 0.6 is 11.5 Å². The molecule has 0 bridgehead atoms. The van der Waals surface area contributed by atoms with Crippen LogP contribution in [0.4, 0.5) is 5.13 Å². The quantitative estimate of drug-likeness (QED) is 0.928. The molecule has 2 rings (SSSR count). The fourth-order valence-corrected chi connectivity index (χ4v) is 2.07. The summed E-state index contributed by atoms with van der Waals surface area (Å²) in [5.74, 6) is 1.44. The molecule has 0 radical (unpaired) electrons. The molecule has 7 heteroatoms. The number of ether oxygens (including phenoxy) is 2. The van der Waals surface area contributed by atoms with Gasteiger partial charge in [0.05, 0.1) is 14.2 Å². The molecule has 100 valence electrons. The van der Waals surface area contributed by atoms with Crippen LogP contribution < -0.4 is 14.8 Å². The number of carbonyl (C=O) groups excluding carboxylic acids is 1. The van der Waals surface area contributed by atoms with Crippen molar-refractivity contribution >= 4 is 22.6 Å². The van der Waals surface area contributed by atoms with E-state index in [0.29, 0.717) is 28.0 Å². The Labute approximate surface area is 114 Å². The van der Waals surface area contributed by atoms with Crippen LogP contribution in [0.5, 0.6) is 11.5 Å². The van der Waals surface area contributed by atoms with Gasteiger partial charge in [0, 0.05) is 17.1 Å². The molecule has 0 spiro atoms. The average Bonchev–Trinajstić information content (AvgIpc) is 2.83. The number of carbonyl (C=O) groups is 1. The number of hydrogen-bond acceptors (Lipinski definition) is 6. The van der Waals surface area contributed by atoms with Gasteiger partial charge in [-0.25, -0.2) is 4.98 Å². The van der Waals surface area contributed by atoms with Crippen molar-refractivity contribution in [1.82, 2.24) is 9.36 Å². The molecule has 0 fully saturated rings. The van der Waals surface area contributed by atoms with Crippen LogP contribution in [0.2, 0.25) is 0 Å². The van der Waals surface area contributed by atoms with E-state index < -0.39 is 0 Å². The Morgan fingerprint density at radius 2 is 2.00 bits per heavy atom. The van der Waals surface area contributed by atoms with Crippen LogP contribution in [0.3, 0.4) is 0 Å². The van der Waals surface area contributed by atoms with Crippen molar-refractivity contribution in [2.45, 2.75) is 6.92 Å². The first kappa shape index (κ1) is 13.3. The van der Waals surface area contributed by atoms with E-state index in [1.54, 1.807) is 32.2 Å². The number of aryl methyl sites for hydroxylation is 1. The molecule has 2 aromatic rings. The number of amides is 1. The number of nitrogens with zero attached hydrogens (tertiary/aromatic N) is 2. The Bertz CT molecular complexity index is 598. The Balaban J connectivity index is 2.19. The lowest BCUT2D eigenvalue weighted by Gasteiger charge is -2.08. The summed E-state index contributed by atoms with van der Waals surface area (Å²) in [6, 6.07) is 4.95. The summed E-state index contributed by atoms with van der Waals surface area (Å²) in [5.41, 5.74) is 0.463. The highest BCUT2D eigenvalue weighted by Gasteiger charge is 2.12. The lowest BCUT2D eigenvalue weighted by Crippen LogP contribution is -2.11. The third kappa shape index (κ3) is 3.00. The van der Waals surface area contributed by atoms with Crippen molar-refractivity contribution in [2.24, 2.45) is 0 Å². The standard InChI is InChI=1S/C12H13N3O3S/c1-7-13-12(19-15-7)14-11(16)8-4-5-9(17-2)10(6-8)18-3/h4-6H,1-3H3,(H,13,14,15,16). The Morgan fingerprint density at radius 1 is 1.26 bits per heavy atom. The molecule has 1 amide bonds.